The first-order valence-electron chi connectivity index (χ1n) is 7.46. The van der Waals surface area contributed by atoms with E-state index >= 15 is 0 Å². The highest BCUT2D eigenvalue weighted by molar-refractivity contribution is 5.87. The van der Waals surface area contributed by atoms with Crippen LogP contribution in [-0.2, 0) is 14.3 Å². The number of rotatable bonds is 3. The Morgan fingerprint density at radius 3 is 2.90 bits per heavy atom. The fourth-order valence-corrected chi connectivity index (χ4v) is 3.17. The van der Waals surface area contributed by atoms with Gasteiger partial charge in [0.1, 0.15) is 6.04 Å². The number of amides is 2. The Bertz CT molecular complexity index is 362. The minimum absolute atomic E-state index is 0.0565. The van der Waals surface area contributed by atoms with E-state index in [1.54, 1.807) is 11.9 Å². The zero-order valence-electron chi connectivity index (χ0n) is 12.1. The van der Waals surface area contributed by atoms with Crippen LogP contribution in [0.25, 0.3) is 0 Å². The van der Waals surface area contributed by atoms with Crippen LogP contribution in [0.2, 0.25) is 0 Å². The molecule has 20 heavy (non-hydrogen) atoms. The molecule has 3 atom stereocenters. The van der Waals surface area contributed by atoms with Crippen molar-refractivity contribution in [2.24, 2.45) is 11.7 Å². The summed E-state index contributed by atoms with van der Waals surface area (Å²) >= 11 is 0. The third-order valence-corrected chi connectivity index (χ3v) is 4.28. The van der Waals surface area contributed by atoms with Crippen molar-refractivity contribution in [3.8, 4) is 0 Å². The van der Waals surface area contributed by atoms with Gasteiger partial charge >= 0.3 is 0 Å². The van der Waals surface area contributed by atoms with Gasteiger partial charge in [0.25, 0.3) is 0 Å². The molecule has 2 fully saturated rings. The number of ether oxygens (including phenoxy) is 1. The number of nitrogens with zero attached hydrogens (tertiary/aromatic N) is 1. The molecule has 1 heterocycles. The standard InChI is InChI=1S/C14H25N3O3/c1-16-14(19)12-9-20-6-5-17(12)13(18)8-10-3-2-4-11(15)7-10/h10-12H,2-9,15H2,1H3,(H,16,19). The van der Waals surface area contributed by atoms with Gasteiger partial charge in [-0.1, -0.05) is 6.42 Å². The molecule has 0 aromatic rings. The van der Waals surface area contributed by atoms with Gasteiger partial charge in [-0.05, 0) is 25.2 Å². The summed E-state index contributed by atoms with van der Waals surface area (Å²) in [6.45, 7) is 1.29. The number of hydrogen-bond donors (Lipinski definition) is 2. The first-order chi connectivity index (χ1) is 9.61. The van der Waals surface area contributed by atoms with Gasteiger partial charge in [0, 0.05) is 26.1 Å². The maximum absolute atomic E-state index is 12.5. The largest absolute Gasteiger partial charge is 0.377 e. The first kappa shape index (κ1) is 15.3. The van der Waals surface area contributed by atoms with Gasteiger partial charge in [-0.3, -0.25) is 9.59 Å². The second-order valence-corrected chi connectivity index (χ2v) is 5.79. The van der Waals surface area contributed by atoms with E-state index in [1.165, 1.54) is 0 Å². The number of nitrogens with two attached hydrogens (primary N) is 1. The third kappa shape index (κ3) is 3.70. The van der Waals surface area contributed by atoms with Crippen molar-refractivity contribution in [2.45, 2.75) is 44.2 Å². The Morgan fingerprint density at radius 2 is 2.20 bits per heavy atom. The Hall–Kier alpha value is -1.14. The fourth-order valence-electron chi connectivity index (χ4n) is 3.17. The van der Waals surface area contributed by atoms with Crippen LogP contribution in [0.5, 0.6) is 0 Å². The maximum Gasteiger partial charge on any atom is 0.244 e. The van der Waals surface area contributed by atoms with Crippen molar-refractivity contribution in [1.82, 2.24) is 10.2 Å². The molecule has 6 heteroatoms. The molecule has 0 bridgehead atoms. The maximum atomic E-state index is 12.5. The summed E-state index contributed by atoms with van der Waals surface area (Å²) in [4.78, 5) is 25.9. The molecule has 1 aliphatic heterocycles. The van der Waals surface area contributed by atoms with Gasteiger partial charge in [-0.2, -0.15) is 0 Å². The van der Waals surface area contributed by atoms with E-state index in [0.717, 1.165) is 25.7 Å². The average molecular weight is 283 g/mol. The Labute approximate surface area is 120 Å². The van der Waals surface area contributed by atoms with Gasteiger partial charge in [-0.25, -0.2) is 0 Å². The van der Waals surface area contributed by atoms with Gasteiger partial charge in [0.15, 0.2) is 0 Å². The van der Waals surface area contributed by atoms with Crippen molar-refractivity contribution < 1.29 is 14.3 Å². The molecule has 2 aliphatic rings. The van der Waals surface area contributed by atoms with E-state index in [2.05, 4.69) is 5.32 Å². The quantitative estimate of drug-likeness (QED) is 0.755. The Morgan fingerprint density at radius 1 is 1.40 bits per heavy atom. The number of nitrogens with one attached hydrogen (secondary N) is 1. The molecule has 3 unspecified atom stereocenters. The highest BCUT2D eigenvalue weighted by Gasteiger charge is 2.33. The third-order valence-electron chi connectivity index (χ3n) is 4.28. The van der Waals surface area contributed by atoms with E-state index in [1.807, 2.05) is 0 Å². The molecule has 0 spiro atoms. The van der Waals surface area contributed by atoms with Gasteiger partial charge in [-0.15, -0.1) is 0 Å². The number of likely N-dealkylation sites (N-methyl/N-ethyl adjacent to an activating group) is 1. The molecule has 2 rings (SSSR count). The number of carbonyl (C=O) groups is 2. The summed E-state index contributed by atoms with van der Waals surface area (Å²) in [6, 6.07) is -0.264. The lowest BCUT2D eigenvalue weighted by atomic mass is 9.84. The lowest BCUT2D eigenvalue weighted by Gasteiger charge is -2.36. The van der Waals surface area contributed by atoms with Crippen molar-refractivity contribution in [3.05, 3.63) is 0 Å². The summed E-state index contributed by atoms with van der Waals surface area (Å²) < 4.78 is 5.32. The Kier molecular flexibility index (Phi) is 5.37. The van der Waals surface area contributed by atoms with E-state index < -0.39 is 6.04 Å². The molecular weight excluding hydrogens is 258 g/mol. The molecule has 2 amide bonds. The van der Waals surface area contributed by atoms with Crippen LogP contribution in [0.1, 0.15) is 32.1 Å². The topological polar surface area (TPSA) is 84.7 Å². The van der Waals surface area contributed by atoms with E-state index in [4.69, 9.17) is 10.5 Å². The van der Waals surface area contributed by atoms with Crippen LogP contribution < -0.4 is 11.1 Å². The van der Waals surface area contributed by atoms with Gasteiger partial charge < -0.3 is 20.7 Å². The number of morpholine rings is 1. The normalized spacial score (nSPS) is 30.9. The highest BCUT2D eigenvalue weighted by Crippen LogP contribution is 2.27. The molecule has 1 aliphatic carbocycles. The highest BCUT2D eigenvalue weighted by atomic mass is 16.5. The van der Waals surface area contributed by atoms with E-state index in [9.17, 15) is 9.59 Å². The molecule has 1 saturated heterocycles. The molecule has 114 valence electrons. The lowest BCUT2D eigenvalue weighted by molar-refractivity contribution is -0.149. The molecule has 0 aromatic heterocycles. The van der Waals surface area contributed by atoms with Gasteiger partial charge in [0.05, 0.1) is 13.2 Å². The Balaban J connectivity index is 1.93. The molecule has 3 N–H and O–H groups in total. The monoisotopic (exact) mass is 283 g/mol. The molecule has 1 saturated carbocycles. The van der Waals surface area contributed by atoms with E-state index in [0.29, 0.717) is 25.5 Å². The van der Waals surface area contributed by atoms with Crippen molar-refractivity contribution in [3.63, 3.8) is 0 Å². The zero-order chi connectivity index (χ0) is 14.5. The van der Waals surface area contributed by atoms with Crippen LogP contribution in [-0.4, -0.2) is 55.6 Å². The molecule has 6 nitrogen and oxygen atoms in total. The van der Waals surface area contributed by atoms with Gasteiger partial charge in [0.2, 0.25) is 11.8 Å². The summed E-state index contributed by atoms with van der Waals surface area (Å²) in [6.07, 6.45) is 4.64. The summed E-state index contributed by atoms with van der Waals surface area (Å²) in [5.41, 5.74) is 5.97. The average Bonchev–Trinajstić information content (AvgIpc) is 2.46. The number of hydrogen-bond acceptors (Lipinski definition) is 4. The summed E-state index contributed by atoms with van der Waals surface area (Å²) in [7, 11) is 1.58. The van der Waals surface area contributed by atoms with Crippen LogP contribution >= 0.6 is 0 Å². The van der Waals surface area contributed by atoms with Crippen molar-refractivity contribution >= 4 is 11.8 Å². The predicted molar refractivity (Wildman–Crippen MR) is 74.9 cm³/mol. The van der Waals surface area contributed by atoms with E-state index in [-0.39, 0.29) is 24.5 Å². The second kappa shape index (κ2) is 7.04. The zero-order valence-corrected chi connectivity index (χ0v) is 12.1. The minimum Gasteiger partial charge on any atom is -0.377 e. The second-order valence-electron chi connectivity index (χ2n) is 5.79. The lowest BCUT2D eigenvalue weighted by Crippen LogP contribution is -2.55. The number of carbonyl (C=O) groups excluding carboxylic acids is 2. The molecular formula is C14H25N3O3. The fraction of sp³-hybridized carbons (Fsp3) is 0.857. The van der Waals surface area contributed by atoms with Crippen molar-refractivity contribution in [1.29, 1.82) is 0 Å². The molecule has 0 aromatic carbocycles. The van der Waals surface area contributed by atoms with Crippen LogP contribution in [0.15, 0.2) is 0 Å². The minimum atomic E-state index is -0.487. The predicted octanol–water partition coefficient (Wildman–Crippen LogP) is -0.133. The SMILES string of the molecule is CNC(=O)C1COCCN1C(=O)CC1CCCC(N)C1. The van der Waals surface area contributed by atoms with Crippen LogP contribution in [0.3, 0.4) is 0 Å². The smallest absolute Gasteiger partial charge is 0.244 e. The summed E-state index contributed by atoms with van der Waals surface area (Å²) in [5, 5.41) is 2.60. The van der Waals surface area contributed by atoms with Crippen molar-refractivity contribution in [2.75, 3.05) is 26.8 Å². The first-order valence-corrected chi connectivity index (χ1v) is 7.46. The molecule has 0 radical (unpaired) electrons. The van der Waals surface area contributed by atoms with Crippen LogP contribution in [0, 0.1) is 5.92 Å². The van der Waals surface area contributed by atoms with Crippen LogP contribution in [0.4, 0.5) is 0 Å². The summed E-state index contributed by atoms with van der Waals surface area (Å²) in [5.74, 6) is 0.263.